The van der Waals surface area contributed by atoms with E-state index in [2.05, 4.69) is 5.32 Å². The van der Waals surface area contributed by atoms with E-state index < -0.39 is 11.0 Å². The number of fused-ring (bicyclic) bond motifs is 1. The van der Waals surface area contributed by atoms with E-state index >= 15 is 0 Å². The molecule has 4 rings (SSSR count). The number of nitro groups is 1. The minimum Gasteiger partial charge on any atom is -0.494 e. The number of hydrogen-bond acceptors (Lipinski definition) is 5. The molecule has 0 aliphatic rings. The molecule has 0 radical (unpaired) electrons. The van der Waals surface area contributed by atoms with E-state index in [-0.39, 0.29) is 11.7 Å². The predicted molar refractivity (Wildman–Crippen MR) is 131 cm³/mol. The Morgan fingerprint density at radius 2 is 1.64 bits per heavy atom. The van der Waals surface area contributed by atoms with Gasteiger partial charge in [-0.15, -0.1) is 0 Å². The van der Waals surface area contributed by atoms with Crippen LogP contribution in [0.2, 0.25) is 0 Å². The van der Waals surface area contributed by atoms with Crippen molar-refractivity contribution >= 4 is 22.1 Å². The van der Waals surface area contributed by atoms with Crippen LogP contribution in [0.5, 0.6) is 5.75 Å². The average molecular weight is 443 g/mol. The Hall–Kier alpha value is -3.90. The first-order valence-electron chi connectivity index (χ1n) is 10.9. The van der Waals surface area contributed by atoms with Crippen LogP contribution in [0.1, 0.15) is 36.6 Å². The summed E-state index contributed by atoms with van der Waals surface area (Å²) in [6, 6.07) is 27.8. The maximum atomic E-state index is 11.2. The van der Waals surface area contributed by atoms with Crippen molar-refractivity contribution in [3.05, 3.63) is 112 Å². The van der Waals surface area contributed by atoms with Crippen molar-refractivity contribution < 1.29 is 14.8 Å². The predicted octanol–water partition coefficient (Wildman–Crippen LogP) is 6.42. The number of rotatable bonds is 9. The molecule has 2 N–H and O–H groups in total. The second-order valence-electron chi connectivity index (χ2n) is 7.86. The molecule has 2 unspecified atom stereocenters. The second kappa shape index (κ2) is 10.1. The van der Waals surface area contributed by atoms with Gasteiger partial charge in [-0.3, -0.25) is 10.1 Å². The van der Waals surface area contributed by atoms with Crippen LogP contribution >= 0.6 is 0 Å². The number of hydrogen-bond donors (Lipinski definition) is 2. The van der Waals surface area contributed by atoms with Gasteiger partial charge in [0.1, 0.15) is 5.75 Å². The smallest absolute Gasteiger partial charge is 0.271 e. The lowest BCUT2D eigenvalue weighted by atomic mass is 9.95. The number of nitro benzene ring substituents is 1. The largest absolute Gasteiger partial charge is 0.494 e. The van der Waals surface area contributed by atoms with E-state index in [0.29, 0.717) is 18.7 Å². The van der Waals surface area contributed by atoms with Crippen LogP contribution in [0.4, 0.5) is 11.4 Å². The average Bonchev–Trinajstić information content (AvgIpc) is 2.84. The number of non-ortho nitro benzene ring substituents is 1. The standard InChI is InChI=1S/C27H26N2O4/c1-2-33-25-14-12-20(13-15-25)26(28-23-8-5-9-24(17-23)29(31)32)18-27(30)22-11-10-19-6-3-4-7-21(19)16-22/h3-17,26-28,30H,2,18H2,1H3. The summed E-state index contributed by atoms with van der Waals surface area (Å²) >= 11 is 0. The molecule has 0 bridgehead atoms. The number of aliphatic hydroxyl groups is 1. The number of aliphatic hydroxyl groups excluding tert-OH is 1. The normalized spacial score (nSPS) is 12.8. The van der Waals surface area contributed by atoms with Crippen LogP contribution in [0.25, 0.3) is 10.8 Å². The Morgan fingerprint density at radius 1 is 0.909 bits per heavy atom. The first kappa shape index (κ1) is 22.3. The lowest BCUT2D eigenvalue weighted by molar-refractivity contribution is -0.384. The Kier molecular flexibility index (Phi) is 6.86. The van der Waals surface area contributed by atoms with Gasteiger partial charge >= 0.3 is 0 Å². The maximum absolute atomic E-state index is 11.2. The molecular weight excluding hydrogens is 416 g/mol. The lowest BCUT2D eigenvalue weighted by Crippen LogP contribution is -2.15. The van der Waals surface area contributed by atoms with Crippen molar-refractivity contribution in [1.82, 2.24) is 0 Å². The van der Waals surface area contributed by atoms with Crippen molar-refractivity contribution in [2.75, 3.05) is 11.9 Å². The van der Waals surface area contributed by atoms with Crippen molar-refractivity contribution in [3.8, 4) is 5.75 Å². The van der Waals surface area contributed by atoms with Crippen LogP contribution in [0.3, 0.4) is 0 Å². The number of benzene rings is 4. The van der Waals surface area contributed by atoms with Crippen LogP contribution < -0.4 is 10.1 Å². The summed E-state index contributed by atoms with van der Waals surface area (Å²) in [4.78, 5) is 10.8. The van der Waals surface area contributed by atoms with Gasteiger partial charge < -0.3 is 15.2 Å². The molecule has 0 saturated heterocycles. The Labute approximate surface area is 192 Å². The molecular formula is C27H26N2O4. The zero-order chi connectivity index (χ0) is 23.2. The van der Waals surface area contributed by atoms with Gasteiger partial charge in [0.05, 0.1) is 23.7 Å². The molecule has 4 aromatic rings. The topological polar surface area (TPSA) is 84.6 Å². The number of nitrogens with one attached hydrogen (secondary N) is 1. The summed E-state index contributed by atoms with van der Waals surface area (Å²) < 4.78 is 5.55. The Bertz CT molecular complexity index is 1240. The molecule has 2 atom stereocenters. The van der Waals surface area contributed by atoms with Gasteiger partial charge in [-0.2, -0.15) is 0 Å². The van der Waals surface area contributed by atoms with E-state index in [1.807, 2.05) is 73.7 Å². The fourth-order valence-corrected chi connectivity index (χ4v) is 3.93. The van der Waals surface area contributed by atoms with Gasteiger partial charge in [0, 0.05) is 24.2 Å². The van der Waals surface area contributed by atoms with Gasteiger partial charge in [-0.1, -0.05) is 54.6 Å². The van der Waals surface area contributed by atoms with Crippen molar-refractivity contribution in [2.24, 2.45) is 0 Å². The molecule has 33 heavy (non-hydrogen) atoms. The van der Waals surface area contributed by atoms with Crippen molar-refractivity contribution in [3.63, 3.8) is 0 Å². The number of nitrogens with zero attached hydrogens (tertiary/aromatic N) is 1. The van der Waals surface area contributed by atoms with Crippen LogP contribution in [0, 0.1) is 10.1 Å². The molecule has 0 aliphatic heterocycles. The number of ether oxygens (including phenoxy) is 1. The minimum absolute atomic E-state index is 0.0144. The van der Waals surface area contributed by atoms with Gasteiger partial charge in [-0.05, 0) is 53.1 Å². The van der Waals surface area contributed by atoms with E-state index in [4.69, 9.17) is 4.74 Å². The molecule has 0 aliphatic carbocycles. The summed E-state index contributed by atoms with van der Waals surface area (Å²) in [5, 5.41) is 27.9. The summed E-state index contributed by atoms with van der Waals surface area (Å²) in [5.74, 6) is 0.769. The zero-order valence-electron chi connectivity index (χ0n) is 18.3. The molecule has 0 spiro atoms. The molecule has 0 saturated carbocycles. The molecule has 0 amide bonds. The molecule has 4 aromatic carbocycles. The van der Waals surface area contributed by atoms with Crippen molar-refractivity contribution in [1.29, 1.82) is 0 Å². The Balaban J connectivity index is 1.62. The monoisotopic (exact) mass is 442 g/mol. The molecule has 168 valence electrons. The quantitative estimate of drug-likeness (QED) is 0.231. The summed E-state index contributed by atoms with van der Waals surface area (Å²) in [7, 11) is 0. The maximum Gasteiger partial charge on any atom is 0.271 e. The van der Waals surface area contributed by atoms with Crippen molar-refractivity contribution in [2.45, 2.75) is 25.5 Å². The van der Waals surface area contributed by atoms with Gasteiger partial charge in [-0.25, -0.2) is 0 Å². The van der Waals surface area contributed by atoms with Crippen LogP contribution in [-0.4, -0.2) is 16.6 Å². The van der Waals surface area contributed by atoms with E-state index in [1.54, 1.807) is 12.1 Å². The third-order valence-corrected chi connectivity index (χ3v) is 5.61. The summed E-state index contributed by atoms with van der Waals surface area (Å²) in [6.45, 7) is 2.51. The first-order chi connectivity index (χ1) is 16.0. The fourth-order valence-electron chi connectivity index (χ4n) is 3.93. The molecule has 0 heterocycles. The van der Waals surface area contributed by atoms with Gasteiger partial charge in [0.15, 0.2) is 0 Å². The molecule has 6 heteroatoms. The third-order valence-electron chi connectivity index (χ3n) is 5.61. The highest BCUT2D eigenvalue weighted by atomic mass is 16.6. The van der Waals surface area contributed by atoms with Crippen LogP contribution in [0.15, 0.2) is 91.0 Å². The third kappa shape index (κ3) is 5.48. The van der Waals surface area contributed by atoms with E-state index in [9.17, 15) is 15.2 Å². The minimum atomic E-state index is -0.725. The highest BCUT2D eigenvalue weighted by Crippen LogP contribution is 2.32. The first-order valence-corrected chi connectivity index (χ1v) is 10.9. The van der Waals surface area contributed by atoms with E-state index in [0.717, 1.165) is 27.6 Å². The highest BCUT2D eigenvalue weighted by molar-refractivity contribution is 5.83. The highest BCUT2D eigenvalue weighted by Gasteiger charge is 2.19. The summed E-state index contributed by atoms with van der Waals surface area (Å²) in [5.41, 5.74) is 2.41. The summed E-state index contributed by atoms with van der Waals surface area (Å²) in [6.07, 6.45) is -0.341. The number of anilines is 1. The lowest BCUT2D eigenvalue weighted by Gasteiger charge is -2.24. The van der Waals surface area contributed by atoms with E-state index in [1.165, 1.54) is 12.1 Å². The van der Waals surface area contributed by atoms with Gasteiger partial charge in [0.2, 0.25) is 0 Å². The van der Waals surface area contributed by atoms with Gasteiger partial charge in [0.25, 0.3) is 5.69 Å². The second-order valence-corrected chi connectivity index (χ2v) is 7.86. The molecule has 6 nitrogen and oxygen atoms in total. The zero-order valence-corrected chi connectivity index (χ0v) is 18.3. The fraction of sp³-hybridized carbons (Fsp3) is 0.185. The SMILES string of the molecule is CCOc1ccc(C(CC(O)c2ccc3ccccc3c2)Nc2cccc([N+](=O)[O-])c2)cc1. The van der Waals surface area contributed by atoms with Crippen LogP contribution in [-0.2, 0) is 0 Å². The molecule has 0 fully saturated rings. The Morgan fingerprint density at radius 3 is 2.36 bits per heavy atom. The molecule has 0 aromatic heterocycles.